The van der Waals surface area contributed by atoms with Gasteiger partial charge in [-0.25, -0.2) is 9.97 Å². The summed E-state index contributed by atoms with van der Waals surface area (Å²) in [5, 5.41) is 0. The Balaban J connectivity index is 1.84. The molecule has 0 radical (unpaired) electrons. The number of likely N-dealkylation sites (tertiary alicyclic amines) is 1. The summed E-state index contributed by atoms with van der Waals surface area (Å²) in [5.74, 6) is 0.548. The second-order valence-corrected chi connectivity index (χ2v) is 3.85. The molecule has 1 aromatic rings. The molecule has 6 nitrogen and oxygen atoms in total. The van der Waals surface area contributed by atoms with Crippen LogP contribution in [0.3, 0.4) is 0 Å². The van der Waals surface area contributed by atoms with Crippen LogP contribution in [0.5, 0.6) is 5.88 Å². The van der Waals surface area contributed by atoms with Crippen molar-refractivity contribution in [3.8, 4) is 5.88 Å². The highest BCUT2D eigenvalue weighted by atomic mass is 16.5. The molecule has 2 heterocycles. The van der Waals surface area contributed by atoms with Crippen molar-refractivity contribution >= 4 is 5.91 Å². The van der Waals surface area contributed by atoms with E-state index in [0.29, 0.717) is 19.0 Å². The molecular formula is C11H15N3O3. The average Bonchev–Trinajstić information content (AvgIpc) is 2.79. The Morgan fingerprint density at radius 3 is 3.24 bits per heavy atom. The van der Waals surface area contributed by atoms with Crippen LogP contribution in [0.2, 0.25) is 0 Å². The number of carbonyl (C=O) groups excluding carboxylic acids is 1. The monoisotopic (exact) mass is 237 g/mol. The molecule has 2 rings (SSSR count). The molecule has 0 saturated carbocycles. The summed E-state index contributed by atoms with van der Waals surface area (Å²) in [6.07, 6.45) is 3.90. The molecule has 0 aromatic carbocycles. The number of hydrogen-bond acceptors (Lipinski definition) is 5. The van der Waals surface area contributed by atoms with E-state index in [2.05, 4.69) is 9.97 Å². The fourth-order valence-corrected chi connectivity index (χ4v) is 1.78. The van der Waals surface area contributed by atoms with Crippen molar-refractivity contribution in [1.29, 1.82) is 0 Å². The zero-order valence-electron chi connectivity index (χ0n) is 9.70. The first-order chi connectivity index (χ1) is 8.29. The Bertz CT molecular complexity index is 371. The molecule has 6 heteroatoms. The number of nitrogens with zero attached hydrogens (tertiary/aromatic N) is 3. The van der Waals surface area contributed by atoms with Crippen LogP contribution >= 0.6 is 0 Å². The first kappa shape index (κ1) is 11.8. The molecule has 1 fully saturated rings. The highest BCUT2D eigenvalue weighted by molar-refractivity contribution is 5.77. The van der Waals surface area contributed by atoms with E-state index >= 15 is 0 Å². The van der Waals surface area contributed by atoms with Gasteiger partial charge < -0.3 is 14.4 Å². The Hall–Kier alpha value is -1.69. The Morgan fingerprint density at radius 1 is 1.65 bits per heavy atom. The van der Waals surface area contributed by atoms with Crippen LogP contribution in [-0.2, 0) is 9.53 Å². The molecular weight excluding hydrogens is 222 g/mol. The summed E-state index contributed by atoms with van der Waals surface area (Å²) >= 11 is 0. The van der Waals surface area contributed by atoms with E-state index in [-0.39, 0.29) is 18.6 Å². The van der Waals surface area contributed by atoms with Crippen LogP contribution in [0.25, 0.3) is 0 Å². The molecule has 0 N–H and O–H groups in total. The fourth-order valence-electron chi connectivity index (χ4n) is 1.78. The molecule has 1 aliphatic rings. The van der Waals surface area contributed by atoms with Crippen LogP contribution < -0.4 is 4.74 Å². The summed E-state index contributed by atoms with van der Waals surface area (Å²) in [7, 11) is 1.52. The first-order valence-electron chi connectivity index (χ1n) is 5.49. The third-order valence-electron chi connectivity index (χ3n) is 2.61. The Morgan fingerprint density at radius 2 is 2.53 bits per heavy atom. The van der Waals surface area contributed by atoms with Gasteiger partial charge in [0.1, 0.15) is 19.0 Å². The van der Waals surface area contributed by atoms with E-state index in [1.165, 1.54) is 13.4 Å². The van der Waals surface area contributed by atoms with Gasteiger partial charge in [0.25, 0.3) is 0 Å². The van der Waals surface area contributed by atoms with Gasteiger partial charge in [-0.15, -0.1) is 0 Å². The maximum Gasteiger partial charge on any atom is 0.248 e. The van der Waals surface area contributed by atoms with Crippen molar-refractivity contribution in [3.63, 3.8) is 0 Å². The van der Waals surface area contributed by atoms with Crippen LogP contribution in [0.1, 0.15) is 6.42 Å². The number of hydrogen-bond donors (Lipinski definition) is 0. The maximum atomic E-state index is 11.6. The van der Waals surface area contributed by atoms with Gasteiger partial charge in [0.2, 0.25) is 11.8 Å². The number of methoxy groups -OCH3 is 1. The van der Waals surface area contributed by atoms with Crippen LogP contribution in [0.15, 0.2) is 18.6 Å². The van der Waals surface area contributed by atoms with Gasteiger partial charge in [-0.1, -0.05) is 0 Å². The minimum atomic E-state index is 0.00119. The van der Waals surface area contributed by atoms with E-state index in [4.69, 9.17) is 9.47 Å². The normalized spacial score (nSPS) is 19.4. The zero-order valence-corrected chi connectivity index (χ0v) is 9.70. The van der Waals surface area contributed by atoms with E-state index < -0.39 is 0 Å². The summed E-state index contributed by atoms with van der Waals surface area (Å²) < 4.78 is 10.5. The van der Waals surface area contributed by atoms with Crippen molar-refractivity contribution in [1.82, 2.24) is 14.9 Å². The van der Waals surface area contributed by atoms with E-state index in [1.807, 2.05) is 0 Å². The van der Waals surface area contributed by atoms with Crippen molar-refractivity contribution < 1.29 is 14.3 Å². The molecule has 17 heavy (non-hydrogen) atoms. The van der Waals surface area contributed by atoms with Crippen LogP contribution in [0, 0.1) is 0 Å². The SMILES string of the molecule is COCC(=O)N1CCC(Oc2ccncn2)C1. The minimum absolute atomic E-state index is 0.00119. The molecule has 0 aliphatic carbocycles. The van der Waals surface area contributed by atoms with Crippen molar-refractivity contribution in [3.05, 3.63) is 18.6 Å². The molecule has 1 unspecified atom stereocenters. The lowest BCUT2D eigenvalue weighted by molar-refractivity contribution is -0.134. The molecule has 92 valence electrons. The Kier molecular flexibility index (Phi) is 3.87. The molecule has 0 bridgehead atoms. The molecule has 1 aliphatic heterocycles. The lowest BCUT2D eigenvalue weighted by Gasteiger charge is -2.16. The summed E-state index contributed by atoms with van der Waals surface area (Å²) in [4.78, 5) is 21.1. The van der Waals surface area contributed by atoms with Gasteiger partial charge >= 0.3 is 0 Å². The summed E-state index contributed by atoms with van der Waals surface area (Å²) in [6.45, 7) is 1.42. The number of amides is 1. The van der Waals surface area contributed by atoms with Gasteiger partial charge in [0, 0.05) is 32.3 Å². The summed E-state index contributed by atoms with van der Waals surface area (Å²) in [5.41, 5.74) is 0. The van der Waals surface area contributed by atoms with E-state index in [9.17, 15) is 4.79 Å². The second kappa shape index (κ2) is 5.58. The second-order valence-electron chi connectivity index (χ2n) is 3.85. The largest absolute Gasteiger partial charge is 0.472 e. The minimum Gasteiger partial charge on any atom is -0.472 e. The maximum absolute atomic E-state index is 11.6. The van der Waals surface area contributed by atoms with Gasteiger partial charge in [-0.05, 0) is 0 Å². The standard InChI is InChI=1S/C11H15N3O3/c1-16-7-11(15)14-5-3-9(6-14)17-10-2-4-12-8-13-10/h2,4,8-9H,3,5-7H2,1H3. The summed E-state index contributed by atoms with van der Waals surface area (Å²) in [6, 6.07) is 1.71. The topological polar surface area (TPSA) is 64.5 Å². The Labute approximate surface area is 99.6 Å². The van der Waals surface area contributed by atoms with Crippen molar-refractivity contribution in [2.24, 2.45) is 0 Å². The number of rotatable bonds is 4. The van der Waals surface area contributed by atoms with Crippen molar-refractivity contribution in [2.75, 3.05) is 26.8 Å². The third-order valence-corrected chi connectivity index (χ3v) is 2.61. The average molecular weight is 237 g/mol. The zero-order chi connectivity index (χ0) is 12.1. The van der Waals surface area contributed by atoms with Gasteiger partial charge in [0.15, 0.2) is 0 Å². The quantitative estimate of drug-likeness (QED) is 0.743. The highest BCUT2D eigenvalue weighted by Gasteiger charge is 2.27. The lowest BCUT2D eigenvalue weighted by Crippen LogP contribution is -2.33. The molecule has 1 atom stereocenters. The van der Waals surface area contributed by atoms with Crippen LogP contribution in [-0.4, -0.2) is 53.7 Å². The molecule has 0 spiro atoms. The molecule has 1 aromatic heterocycles. The predicted octanol–water partition coefficient (Wildman–Crippen LogP) is 0.103. The third kappa shape index (κ3) is 3.13. The lowest BCUT2D eigenvalue weighted by atomic mass is 10.3. The predicted molar refractivity (Wildman–Crippen MR) is 59.5 cm³/mol. The van der Waals surface area contributed by atoms with Crippen LogP contribution in [0.4, 0.5) is 0 Å². The van der Waals surface area contributed by atoms with Gasteiger partial charge in [-0.3, -0.25) is 4.79 Å². The number of aromatic nitrogens is 2. The first-order valence-corrected chi connectivity index (χ1v) is 5.49. The number of carbonyl (C=O) groups is 1. The number of ether oxygens (including phenoxy) is 2. The smallest absolute Gasteiger partial charge is 0.248 e. The highest BCUT2D eigenvalue weighted by Crippen LogP contribution is 2.15. The van der Waals surface area contributed by atoms with Crippen molar-refractivity contribution in [2.45, 2.75) is 12.5 Å². The van der Waals surface area contributed by atoms with Gasteiger partial charge in [0.05, 0.1) is 6.54 Å². The van der Waals surface area contributed by atoms with E-state index in [1.54, 1.807) is 17.2 Å². The van der Waals surface area contributed by atoms with E-state index in [0.717, 1.165) is 6.42 Å². The molecule has 1 amide bonds. The van der Waals surface area contributed by atoms with Gasteiger partial charge in [-0.2, -0.15) is 0 Å². The molecule has 1 saturated heterocycles. The fraction of sp³-hybridized carbons (Fsp3) is 0.545.